The van der Waals surface area contributed by atoms with Gasteiger partial charge >= 0.3 is 0 Å². The van der Waals surface area contributed by atoms with E-state index in [1.54, 1.807) is 6.20 Å². The molecule has 0 amide bonds. The van der Waals surface area contributed by atoms with Crippen molar-refractivity contribution < 1.29 is 0 Å². The van der Waals surface area contributed by atoms with Gasteiger partial charge in [-0.15, -0.1) is 0 Å². The smallest absolute Gasteiger partial charge is 0.0564 e. The third-order valence-electron chi connectivity index (χ3n) is 2.73. The highest BCUT2D eigenvalue weighted by Crippen LogP contribution is 2.24. The second-order valence-electron chi connectivity index (χ2n) is 3.91. The number of rotatable bonds is 1. The minimum absolute atomic E-state index is 0.286. The Morgan fingerprint density at radius 2 is 2.29 bits per heavy atom. The Bertz CT molecular complexity index is 319. The van der Waals surface area contributed by atoms with Crippen molar-refractivity contribution in [3.63, 3.8) is 0 Å². The Morgan fingerprint density at radius 3 is 2.86 bits per heavy atom. The molecule has 1 aliphatic heterocycles. The van der Waals surface area contributed by atoms with E-state index in [0.717, 1.165) is 23.2 Å². The predicted octanol–water partition coefficient (Wildman–Crippen LogP) is 1.63. The lowest BCUT2D eigenvalue weighted by Gasteiger charge is -2.17. The molecule has 1 aliphatic rings. The maximum atomic E-state index is 5.97. The lowest BCUT2D eigenvalue weighted by atomic mass is 10.1. The van der Waals surface area contributed by atoms with E-state index < -0.39 is 0 Å². The molecule has 1 saturated heterocycles. The van der Waals surface area contributed by atoms with Crippen LogP contribution >= 0.6 is 15.9 Å². The molecule has 76 valence electrons. The summed E-state index contributed by atoms with van der Waals surface area (Å²) in [6.07, 6.45) is 3.68. The number of hydrogen-bond acceptors (Lipinski definition) is 3. The zero-order chi connectivity index (χ0) is 10.1. The fourth-order valence-electron chi connectivity index (χ4n) is 1.78. The Labute approximate surface area is 92.4 Å². The summed E-state index contributed by atoms with van der Waals surface area (Å²) in [6, 6.07) is 2.37. The van der Waals surface area contributed by atoms with Crippen LogP contribution in [0.25, 0.3) is 0 Å². The molecule has 3 nitrogen and oxygen atoms in total. The summed E-state index contributed by atoms with van der Waals surface area (Å²) in [4.78, 5) is 6.43. The standard InChI is InChI=1S/C10H14BrN3/c1-7-5-14(6-10(7)12)9-2-8(11)3-13-4-9/h2-4,7,10H,5-6,12H2,1H3. The van der Waals surface area contributed by atoms with Crippen molar-refractivity contribution in [2.75, 3.05) is 18.0 Å². The molecule has 4 heteroatoms. The number of anilines is 1. The van der Waals surface area contributed by atoms with E-state index in [-0.39, 0.29) is 6.04 Å². The van der Waals surface area contributed by atoms with E-state index in [1.165, 1.54) is 0 Å². The highest BCUT2D eigenvalue weighted by molar-refractivity contribution is 9.10. The summed E-state index contributed by atoms with van der Waals surface area (Å²) in [5.41, 5.74) is 7.12. The summed E-state index contributed by atoms with van der Waals surface area (Å²) < 4.78 is 1.02. The molecule has 1 fully saturated rings. The van der Waals surface area contributed by atoms with Gasteiger partial charge in [-0.25, -0.2) is 0 Å². The second-order valence-corrected chi connectivity index (χ2v) is 4.82. The van der Waals surface area contributed by atoms with Gasteiger partial charge in [0, 0.05) is 29.8 Å². The van der Waals surface area contributed by atoms with Crippen molar-refractivity contribution in [2.45, 2.75) is 13.0 Å². The van der Waals surface area contributed by atoms with E-state index in [4.69, 9.17) is 5.73 Å². The van der Waals surface area contributed by atoms with E-state index >= 15 is 0 Å². The van der Waals surface area contributed by atoms with E-state index in [2.05, 4.69) is 38.8 Å². The summed E-state index contributed by atoms with van der Waals surface area (Å²) in [5.74, 6) is 0.564. The van der Waals surface area contributed by atoms with Gasteiger partial charge in [0.2, 0.25) is 0 Å². The third kappa shape index (κ3) is 1.91. The van der Waals surface area contributed by atoms with Gasteiger partial charge in [-0.1, -0.05) is 6.92 Å². The summed E-state index contributed by atoms with van der Waals surface area (Å²) >= 11 is 3.42. The number of nitrogens with zero attached hydrogens (tertiary/aromatic N) is 2. The second kappa shape index (κ2) is 3.87. The van der Waals surface area contributed by atoms with Crippen LogP contribution < -0.4 is 10.6 Å². The van der Waals surface area contributed by atoms with E-state index in [0.29, 0.717) is 5.92 Å². The fraction of sp³-hybridized carbons (Fsp3) is 0.500. The van der Waals surface area contributed by atoms with Gasteiger partial charge in [0.15, 0.2) is 0 Å². The summed E-state index contributed by atoms with van der Waals surface area (Å²) in [7, 11) is 0. The van der Waals surface area contributed by atoms with Gasteiger partial charge in [-0.2, -0.15) is 0 Å². The van der Waals surface area contributed by atoms with E-state index in [1.807, 2.05) is 6.20 Å². The molecule has 0 aliphatic carbocycles. The zero-order valence-electron chi connectivity index (χ0n) is 8.15. The Hall–Kier alpha value is -0.610. The number of aromatic nitrogens is 1. The van der Waals surface area contributed by atoms with Gasteiger partial charge < -0.3 is 10.6 Å². The molecule has 2 N–H and O–H groups in total. The topological polar surface area (TPSA) is 42.2 Å². The molecular formula is C10H14BrN3. The number of pyridine rings is 1. The van der Waals surface area contributed by atoms with Crippen LogP contribution in [-0.4, -0.2) is 24.1 Å². The molecule has 2 rings (SSSR count). The molecular weight excluding hydrogens is 242 g/mol. The SMILES string of the molecule is CC1CN(c2cncc(Br)c2)CC1N. The lowest BCUT2D eigenvalue weighted by molar-refractivity contribution is 0.566. The molecule has 14 heavy (non-hydrogen) atoms. The first-order valence-corrected chi connectivity index (χ1v) is 5.57. The van der Waals surface area contributed by atoms with Crippen molar-refractivity contribution in [2.24, 2.45) is 11.7 Å². The van der Waals surface area contributed by atoms with Crippen LogP contribution in [0.15, 0.2) is 22.9 Å². The van der Waals surface area contributed by atoms with Crippen molar-refractivity contribution in [1.82, 2.24) is 4.98 Å². The van der Waals surface area contributed by atoms with Crippen molar-refractivity contribution in [3.05, 3.63) is 22.9 Å². The first-order chi connectivity index (χ1) is 6.66. The zero-order valence-corrected chi connectivity index (χ0v) is 9.74. The monoisotopic (exact) mass is 255 g/mol. The molecule has 0 spiro atoms. The fourth-order valence-corrected chi connectivity index (χ4v) is 2.13. The van der Waals surface area contributed by atoms with Crippen LogP contribution in [0.1, 0.15) is 6.92 Å². The van der Waals surface area contributed by atoms with Crippen LogP contribution in [0, 0.1) is 5.92 Å². The van der Waals surface area contributed by atoms with E-state index in [9.17, 15) is 0 Å². The average Bonchev–Trinajstić information content (AvgIpc) is 2.47. The van der Waals surface area contributed by atoms with Gasteiger partial charge in [0.05, 0.1) is 11.9 Å². The van der Waals surface area contributed by atoms with Crippen LogP contribution in [0.3, 0.4) is 0 Å². The highest BCUT2D eigenvalue weighted by Gasteiger charge is 2.26. The summed E-state index contributed by atoms with van der Waals surface area (Å²) in [6.45, 7) is 4.15. The molecule has 0 aromatic carbocycles. The molecule has 0 bridgehead atoms. The largest absolute Gasteiger partial charge is 0.368 e. The Balaban J connectivity index is 2.17. The number of hydrogen-bond donors (Lipinski definition) is 1. The van der Waals surface area contributed by atoms with Crippen LogP contribution in [0.5, 0.6) is 0 Å². The van der Waals surface area contributed by atoms with Crippen molar-refractivity contribution in [3.8, 4) is 0 Å². The third-order valence-corrected chi connectivity index (χ3v) is 3.16. The molecule has 0 radical (unpaired) electrons. The molecule has 2 unspecified atom stereocenters. The molecule has 1 aromatic heterocycles. The minimum Gasteiger partial charge on any atom is -0.368 e. The van der Waals surface area contributed by atoms with Crippen LogP contribution in [0.2, 0.25) is 0 Å². The van der Waals surface area contributed by atoms with Gasteiger partial charge in [0.25, 0.3) is 0 Å². The lowest BCUT2D eigenvalue weighted by Crippen LogP contribution is -2.28. The highest BCUT2D eigenvalue weighted by atomic mass is 79.9. The van der Waals surface area contributed by atoms with Gasteiger partial charge in [-0.05, 0) is 27.9 Å². The minimum atomic E-state index is 0.286. The Kier molecular flexibility index (Phi) is 2.74. The normalized spacial score (nSPS) is 26.9. The quantitative estimate of drug-likeness (QED) is 0.830. The molecule has 2 atom stereocenters. The molecule has 0 saturated carbocycles. The predicted molar refractivity (Wildman–Crippen MR) is 61.3 cm³/mol. The summed E-state index contributed by atoms with van der Waals surface area (Å²) in [5, 5.41) is 0. The molecule has 1 aromatic rings. The number of halogens is 1. The first kappa shape index (κ1) is 9.93. The molecule has 2 heterocycles. The maximum Gasteiger partial charge on any atom is 0.0564 e. The van der Waals surface area contributed by atoms with Crippen LogP contribution in [0.4, 0.5) is 5.69 Å². The van der Waals surface area contributed by atoms with Crippen molar-refractivity contribution >= 4 is 21.6 Å². The first-order valence-electron chi connectivity index (χ1n) is 4.78. The average molecular weight is 256 g/mol. The Morgan fingerprint density at radius 1 is 1.50 bits per heavy atom. The van der Waals surface area contributed by atoms with Crippen molar-refractivity contribution in [1.29, 1.82) is 0 Å². The van der Waals surface area contributed by atoms with Crippen LogP contribution in [-0.2, 0) is 0 Å². The van der Waals surface area contributed by atoms with Gasteiger partial charge in [-0.3, -0.25) is 4.98 Å². The van der Waals surface area contributed by atoms with Gasteiger partial charge in [0.1, 0.15) is 0 Å². The maximum absolute atomic E-state index is 5.97. The number of nitrogens with two attached hydrogens (primary N) is 1.